The van der Waals surface area contributed by atoms with Gasteiger partial charge in [-0.1, -0.05) is 12.2 Å². The summed E-state index contributed by atoms with van der Waals surface area (Å²) < 4.78 is 4.75. The molecule has 1 aromatic carbocycles. The number of ether oxygens (including phenoxy) is 1. The molecule has 0 aliphatic carbocycles. The Kier molecular flexibility index (Phi) is 3.51. The van der Waals surface area contributed by atoms with Gasteiger partial charge in [0, 0.05) is 19.1 Å². The van der Waals surface area contributed by atoms with Gasteiger partial charge in [-0.15, -0.1) is 0 Å². The number of cyclic esters (lactones) is 1. The third kappa shape index (κ3) is 3.12. The van der Waals surface area contributed by atoms with E-state index in [0.717, 1.165) is 5.56 Å². The maximum absolute atomic E-state index is 11.2. The summed E-state index contributed by atoms with van der Waals surface area (Å²) in [5.41, 5.74) is 1.06. The highest BCUT2D eigenvalue weighted by atomic mass is 16.6. The molecule has 0 unspecified atom stereocenters. The molecule has 2 rings (SSSR count). The van der Waals surface area contributed by atoms with Gasteiger partial charge in [0.05, 0.1) is 4.92 Å². The molecule has 1 aliphatic heterocycles. The lowest BCUT2D eigenvalue weighted by Gasteiger charge is -1.92. The zero-order chi connectivity index (χ0) is 13.8. The first kappa shape index (κ1) is 12.7. The Morgan fingerprint density at radius 1 is 1.32 bits per heavy atom. The highest BCUT2D eigenvalue weighted by Gasteiger charge is 2.18. The standard InChI is InChI=1S/C13H10N2O4/c1-9-14-12(13(16)19-9)4-2-3-10-5-7-11(8-6-10)15(17)18/h2-8H,1H3. The number of esters is 1. The fourth-order valence-corrected chi connectivity index (χ4v) is 1.49. The van der Waals surface area contributed by atoms with Crippen LogP contribution < -0.4 is 0 Å². The molecule has 0 spiro atoms. The van der Waals surface area contributed by atoms with E-state index in [4.69, 9.17) is 4.74 Å². The molecule has 1 heterocycles. The van der Waals surface area contributed by atoms with E-state index in [-0.39, 0.29) is 11.4 Å². The van der Waals surface area contributed by atoms with Crippen molar-refractivity contribution in [1.82, 2.24) is 0 Å². The van der Waals surface area contributed by atoms with Gasteiger partial charge in [-0.25, -0.2) is 9.79 Å². The van der Waals surface area contributed by atoms with Crippen LogP contribution in [0.25, 0.3) is 6.08 Å². The van der Waals surface area contributed by atoms with Crippen molar-refractivity contribution in [3.8, 4) is 0 Å². The molecule has 1 aromatic rings. The summed E-state index contributed by atoms with van der Waals surface area (Å²) in [4.78, 5) is 25.2. The van der Waals surface area contributed by atoms with Crippen molar-refractivity contribution in [2.45, 2.75) is 6.92 Å². The predicted molar refractivity (Wildman–Crippen MR) is 69.4 cm³/mol. The molecular weight excluding hydrogens is 248 g/mol. The van der Waals surface area contributed by atoms with E-state index in [2.05, 4.69) is 4.99 Å². The topological polar surface area (TPSA) is 81.8 Å². The molecule has 0 saturated heterocycles. The lowest BCUT2D eigenvalue weighted by Crippen LogP contribution is -1.99. The van der Waals surface area contributed by atoms with E-state index in [0.29, 0.717) is 5.90 Å². The molecule has 96 valence electrons. The van der Waals surface area contributed by atoms with Gasteiger partial charge >= 0.3 is 5.97 Å². The number of hydrogen-bond acceptors (Lipinski definition) is 5. The van der Waals surface area contributed by atoms with E-state index < -0.39 is 10.9 Å². The molecule has 0 radical (unpaired) electrons. The van der Waals surface area contributed by atoms with E-state index in [1.165, 1.54) is 18.2 Å². The van der Waals surface area contributed by atoms with Crippen LogP contribution in [0.15, 0.2) is 47.1 Å². The van der Waals surface area contributed by atoms with E-state index >= 15 is 0 Å². The smallest absolute Gasteiger partial charge is 0.363 e. The second kappa shape index (κ2) is 5.26. The summed E-state index contributed by atoms with van der Waals surface area (Å²) in [6, 6.07) is 6.07. The Bertz CT molecular complexity index is 612. The Labute approximate surface area is 108 Å². The van der Waals surface area contributed by atoms with Crippen molar-refractivity contribution in [1.29, 1.82) is 0 Å². The number of rotatable bonds is 3. The zero-order valence-corrected chi connectivity index (χ0v) is 10.1. The first-order valence-electron chi connectivity index (χ1n) is 5.46. The Morgan fingerprint density at radius 3 is 2.53 bits per heavy atom. The number of allylic oxidation sites excluding steroid dienone is 2. The molecule has 1 aliphatic rings. The average Bonchev–Trinajstić information content (AvgIpc) is 2.68. The van der Waals surface area contributed by atoms with Gasteiger partial charge in [-0.3, -0.25) is 10.1 Å². The van der Waals surface area contributed by atoms with Crippen molar-refractivity contribution in [2.75, 3.05) is 0 Å². The van der Waals surface area contributed by atoms with Gasteiger partial charge in [0.2, 0.25) is 0 Å². The molecule has 0 bridgehead atoms. The summed E-state index contributed by atoms with van der Waals surface area (Å²) >= 11 is 0. The molecule has 19 heavy (non-hydrogen) atoms. The first-order valence-corrected chi connectivity index (χ1v) is 5.46. The van der Waals surface area contributed by atoms with Crippen LogP contribution >= 0.6 is 0 Å². The Morgan fingerprint density at radius 2 is 2.00 bits per heavy atom. The highest BCUT2D eigenvalue weighted by molar-refractivity contribution is 6.03. The Hall–Kier alpha value is -2.76. The van der Waals surface area contributed by atoms with Crippen LogP contribution in [0.3, 0.4) is 0 Å². The number of non-ortho nitro benzene ring substituents is 1. The summed E-state index contributed by atoms with van der Waals surface area (Å²) in [6.07, 6.45) is 4.88. The molecule has 0 saturated carbocycles. The molecule has 0 amide bonds. The van der Waals surface area contributed by atoms with Crippen molar-refractivity contribution < 1.29 is 14.5 Å². The second-order valence-corrected chi connectivity index (χ2v) is 3.78. The van der Waals surface area contributed by atoms with Crippen LogP contribution in [0.5, 0.6) is 0 Å². The largest absolute Gasteiger partial charge is 0.407 e. The molecular formula is C13H10N2O4. The predicted octanol–water partition coefficient (Wildman–Crippen LogP) is 2.47. The van der Waals surface area contributed by atoms with Gasteiger partial charge < -0.3 is 4.74 Å². The molecule has 0 atom stereocenters. The van der Waals surface area contributed by atoms with Crippen molar-refractivity contribution in [3.05, 3.63) is 57.8 Å². The minimum Gasteiger partial charge on any atom is -0.407 e. The fourth-order valence-electron chi connectivity index (χ4n) is 1.49. The minimum atomic E-state index is -0.481. The summed E-state index contributed by atoms with van der Waals surface area (Å²) in [5, 5.41) is 10.5. The Balaban J connectivity index is 2.09. The summed E-state index contributed by atoms with van der Waals surface area (Å²) in [6.45, 7) is 1.60. The van der Waals surface area contributed by atoms with Crippen LogP contribution in [-0.4, -0.2) is 16.8 Å². The normalized spacial score (nSPS) is 16.8. The van der Waals surface area contributed by atoms with E-state index in [9.17, 15) is 14.9 Å². The average molecular weight is 258 g/mol. The van der Waals surface area contributed by atoms with Crippen LogP contribution in [-0.2, 0) is 9.53 Å². The second-order valence-electron chi connectivity index (χ2n) is 3.78. The molecule has 0 N–H and O–H groups in total. The monoisotopic (exact) mass is 258 g/mol. The number of carbonyl (C=O) groups excluding carboxylic acids is 1. The summed E-state index contributed by atoms with van der Waals surface area (Å²) in [7, 11) is 0. The molecule has 0 fully saturated rings. The number of hydrogen-bond donors (Lipinski definition) is 0. The number of nitro groups is 1. The fraction of sp³-hybridized carbons (Fsp3) is 0.0769. The number of aliphatic imine (C=N–C) groups is 1. The van der Waals surface area contributed by atoms with Gasteiger partial charge in [-0.05, 0) is 23.8 Å². The quantitative estimate of drug-likeness (QED) is 0.361. The van der Waals surface area contributed by atoms with E-state index in [1.54, 1.807) is 31.2 Å². The van der Waals surface area contributed by atoms with Crippen molar-refractivity contribution >= 4 is 23.6 Å². The highest BCUT2D eigenvalue weighted by Crippen LogP contribution is 2.14. The lowest BCUT2D eigenvalue weighted by molar-refractivity contribution is -0.384. The van der Waals surface area contributed by atoms with Crippen LogP contribution in [0.4, 0.5) is 5.69 Å². The van der Waals surface area contributed by atoms with Crippen LogP contribution in [0.1, 0.15) is 12.5 Å². The molecule has 6 nitrogen and oxygen atoms in total. The zero-order valence-electron chi connectivity index (χ0n) is 10.1. The van der Waals surface area contributed by atoms with Crippen molar-refractivity contribution in [2.24, 2.45) is 4.99 Å². The van der Waals surface area contributed by atoms with Gasteiger partial charge in [-0.2, -0.15) is 0 Å². The van der Waals surface area contributed by atoms with Gasteiger partial charge in [0.1, 0.15) is 0 Å². The van der Waals surface area contributed by atoms with Crippen LogP contribution in [0, 0.1) is 10.1 Å². The number of benzene rings is 1. The lowest BCUT2D eigenvalue weighted by atomic mass is 10.2. The first-order chi connectivity index (χ1) is 9.06. The minimum absolute atomic E-state index is 0.0371. The maximum atomic E-state index is 11.2. The SMILES string of the molecule is CC1=NC(=CC=Cc2ccc([N+](=O)[O-])cc2)C(=O)O1. The summed E-state index contributed by atoms with van der Waals surface area (Å²) in [5.74, 6) is -0.161. The van der Waals surface area contributed by atoms with Crippen molar-refractivity contribution in [3.63, 3.8) is 0 Å². The number of nitro benzene ring substituents is 1. The number of nitrogens with zero attached hydrogens (tertiary/aromatic N) is 2. The number of carbonyl (C=O) groups is 1. The van der Waals surface area contributed by atoms with Gasteiger partial charge in [0.25, 0.3) is 5.69 Å². The molecule has 0 aromatic heterocycles. The molecule has 6 heteroatoms. The third-order valence-electron chi connectivity index (χ3n) is 2.37. The van der Waals surface area contributed by atoms with Gasteiger partial charge in [0.15, 0.2) is 11.6 Å². The van der Waals surface area contributed by atoms with E-state index in [1.807, 2.05) is 0 Å². The maximum Gasteiger partial charge on any atom is 0.363 e. The third-order valence-corrected chi connectivity index (χ3v) is 2.37. The van der Waals surface area contributed by atoms with Crippen LogP contribution in [0.2, 0.25) is 0 Å².